The minimum Gasteiger partial charge on any atom is -0.501 e. The first-order chi connectivity index (χ1) is 11.7. The van der Waals surface area contributed by atoms with Crippen molar-refractivity contribution in [3.05, 3.63) is 88.9 Å². The molecule has 0 aliphatic rings. The highest BCUT2D eigenvalue weighted by Crippen LogP contribution is 2.28. The number of hydrogen-bond donors (Lipinski definition) is 1. The maximum Gasteiger partial charge on any atom is 0.433 e. The van der Waals surface area contributed by atoms with E-state index in [9.17, 15) is 15.3 Å². The van der Waals surface area contributed by atoms with Crippen LogP contribution in [0.1, 0.15) is 27.9 Å². The van der Waals surface area contributed by atoms with Gasteiger partial charge in [-0.05, 0) is 24.6 Å². The average Bonchev–Trinajstić information content (AvgIpc) is 2.63. The lowest BCUT2D eigenvalue weighted by Gasteiger charge is -2.07. The molecule has 0 radical (unpaired) electrons. The van der Waals surface area contributed by atoms with Crippen LogP contribution in [0.2, 0.25) is 0 Å². The third kappa shape index (κ3) is 3.87. The first kappa shape index (κ1) is 17.0. The van der Waals surface area contributed by atoms with Crippen LogP contribution in [0, 0.1) is 5.39 Å². The summed E-state index contributed by atoms with van der Waals surface area (Å²) >= 11 is 0. The molecule has 0 aliphatic heterocycles. The van der Waals surface area contributed by atoms with Crippen molar-refractivity contribution in [1.29, 1.82) is 5.39 Å². The molecule has 2 rings (SSSR count). The molecule has 0 heterocycles. The number of carbonyl (C=O) groups excluding carboxylic acids is 1. The third-order valence-electron chi connectivity index (χ3n) is 3.33. The summed E-state index contributed by atoms with van der Waals surface area (Å²) in [5.74, 6) is -0.871. The van der Waals surface area contributed by atoms with Crippen molar-refractivity contribution in [2.45, 2.75) is 6.42 Å². The van der Waals surface area contributed by atoms with Gasteiger partial charge in [-0.25, -0.2) is 4.79 Å². The van der Waals surface area contributed by atoms with E-state index in [-0.39, 0.29) is 29.2 Å². The number of carbonyl (C=O) groups is 1. The van der Waals surface area contributed by atoms with E-state index in [0.29, 0.717) is 12.0 Å². The molecular weight excluding hydrogens is 304 g/mol. The molecule has 0 spiro atoms. The number of esters is 1. The van der Waals surface area contributed by atoms with Gasteiger partial charge in [0.25, 0.3) is 0 Å². The molecule has 0 amide bonds. The second kappa shape index (κ2) is 8.30. The number of aliphatic hydroxyl groups excluding tert-OH is 1. The first-order valence-electron chi connectivity index (χ1n) is 7.40. The molecule has 5 heteroatoms. The Kier molecular flexibility index (Phi) is 5.87. The van der Waals surface area contributed by atoms with Gasteiger partial charge in [0, 0.05) is 5.56 Å². The van der Waals surface area contributed by atoms with Crippen LogP contribution >= 0.6 is 0 Å². The third-order valence-corrected chi connectivity index (χ3v) is 3.33. The molecule has 2 aromatic carbocycles. The highest BCUT2D eigenvalue weighted by Gasteiger charge is 2.26. The fourth-order valence-corrected chi connectivity index (χ4v) is 2.15. The molecule has 5 nitrogen and oxygen atoms in total. The van der Waals surface area contributed by atoms with Crippen molar-refractivity contribution < 1.29 is 14.6 Å². The zero-order valence-electron chi connectivity index (χ0n) is 13.1. The normalized spacial score (nSPS) is 11.1. The molecule has 0 unspecified atom stereocenters. The highest BCUT2D eigenvalue weighted by atomic mass is 16.5. The van der Waals surface area contributed by atoms with Gasteiger partial charge in [-0.3, -0.25) is 0 Å². The van der Waals surface area contributed by atoms with Crippen molar-refractivity contribution in [2.75, 3.05) is 6.61 Å². The second-order valence-corrected chi connectivity index (χ2v) is 4.92. The standard InChI is InChI=1S/C19H16N2O3/c1-2-3-13-24-19(23)16-12-8-7-11-15(16)18(22)17(21-20)14-9-5-4-6-10-14/h2,4-12H,1,3,13H2/p+1/b18-17+. The summed E-state index contributed by atoms with van der Waals surface area (Å²) in [5, 5.41) is 19.8. The molecule has 0 aromatic heterocycles. The van der Waals surface area contributed by atoms with Crippen LogP contribution in [0.25, 0.3) is 16.4 Å². The maximum absolute atomic E-state index is 12.2. The number of diazo groups is 1. The van der Waals surface area contributed by atoms with E-state index in [1.54, 1.807) is 60.7 Å². The fourth-order valence-electron chi connectivity index (χ4n) is 2.15. The Morgan fingerprint density at radius 2 is 1.75 bits per heavy atom. The molecule has 1 N–H and O–H groups in total. The van der Waals surface area contributed by atoms with E-state index in [2.05, 4.69) is 11.6 Å². The molecule has 0 atom stereocenters. The summed E-state index contributed by atoms with van der Waals surface area (Å²) in [6.45, 7) is 3.77. The Balaban J connectivity index is 2.44. The predicted molar refractivity (Wildman–Crippen MR) is 92.5 cm³/mol. The Labute approximate surface area is 140 Å². The van der Waals surface area contributed by atoms with Crippen molar-refractivity contribution in [3.8, 4) is 0 Å². The van der Waals surface area contributed by atoms with Crippen LogP contribution < -0.4 is 0 Å². The summed E-state index contributed by atoms with van der Waals surface area (Å²) in [5.41, 5.74) is 0.920. The van der Waals surface area contributed by atoms with Crippen LogP contribution in [0.15, 0.2) is 67.3 Å². The quantitative estimate of drug-likeness (QED) is 0.210. The van der Waals surface area contributed by atoms with Crippen molar-refractivity contribution in [2.24, 2.45) is 0 Å². The van der Waals surface area contributed by atoms with Gasteiger partial charge in [-0.2, -0.15) is 0 Å². The van der Waals surface area contributed by atoms with Crippen molar-refractivity contribution >= 4 is 17.4 Å². The van der Waals surface area contributed by atoms with Gasteiger partial charge in [0.1, 0.15) is 0 Å². The Bertz CT molecular complexity index is 805. The summed E-state index contributed by atoms with van der Waals surface area (Å²) in [6.07, 6.45) is 2.19. The van der Waals surface area contributed by atoms with E-state index in [1.807, 2.05) is 0 Å². The van der Waals surface area contributed by atoms with Gasteiger partial charge in [-0.15, -0.1) is 6.58 Å². The van der Waals surface area contributed by atoms with Crippen molar-refractivity contribution in [3.63, 3.8) is 0 Å². The van der Waals surface area contributed by atoms with Crippen LogP contribution in [-0.2, 0) is 4.74 Å². The lowest BCUT2D eigenvalue weighted by molar-refractivity contribution is 0.0511. The number of benzene rings is 2. The summed E-state index contributed by atoms with van der Waals surface area (Å²) in [4.78, 5) is 15.4. The number of aliphatic hydroxyl groups is 1. The molecule has 0 saturated heterocycles. The van der Waals surface area contributed by atoms with E-state index in [1.165, 1.54) is 0 Å². The van der Waals surface area contributed by atoms with Crippen LogP contribution in [0.5, 0.6) is 0 Å². The van der Waals surface area contributed by atoms with Gasteiger partial charge in [-0.1, -0.05) is 42.5 Å². The van der Waals surface area contributed by atoms with Crippen molar-refractivity contribution in [1.82, 2.24) is 0 Å². The van der Waals surface area contributed by atoms with Crippen LogP contribution in [0.3, 0.4) is 0 Å². The number of ether oxygens (including phenoxy) is 1. The number of nitrogens with zero attached hydrogens (tertiary/aromatic N) is 2. The Hall–Kier alpha value is -3.39. The van der Waals surface area contributed by atoms with Gasteiger partial charge in [0.05, 0.1) is 17.7 Å². The van der Waals surface area contributed by atoms with Gasteiger partial charge < -0.3 is 9.84 Å². The minimum absolute atomic E-state index is 0.0260. The number of rotatable bonds is 6. The smallest absolute Gasteiger partial charge is 0.433 e. The second-order valence-electron chi connectivity index (χ2n) is 4.92. The highest BCUT2D eigenvalue weighted by molar-refractivity contribution is 5.99. The fraction of sp³-hybridized carbons (Fsp3) is 0.105. The molecule has 120 valence electrons. The minimum atomic E-state index is -0.565. The van der Waals surface area contributed by atoms with Gasteiger partial charge in [0.15, 0.2) is 4.98 Å². The largest absolute Gasteiger partial charge is 0.501 e. The molecule has 0 bridgehead atoms. The Morgan fingerprint density at radius 1 is 1.12 bits per heavy atom. The molecule has 24 heavy (non-hydrogen) atoms. The van der Waals surface area contributed by atoms with E-state index in [0.717, 1.165) is 0 Å². The predicted octanol–water partition coefficient (Wildman–Crippen LogP) is 4.66. The zero-order valence-corrected chi connectivity index (χ0v) is 13.1. The maximum atomic E-state index is 12.2. The molecule has 0 aliphatic carbocycles. The summed E-state index contributed by atoms with van der Waals surface area (Å²) in [7, 11) is 0. The SMILES string of the molecule is C=CCCOC(=O)c1ccccc1/C(O)=C(\[N+]#N)c1ccccc1. The average molecular weight is 321 g/mol. The molecule has 0 fully saturated rings. The van der Waals surface area contributed by atoms with Gasteiger partial charge in [0.2, 0.25) is 11.2 Å². The summed E-state index contributed by atoms with van der Waals surface area (Å²) in [6, 6.07) is 15.1. The lowest BCUT2D eigenvalue weighted by Crippen LogP contribution is -2.09. The Morgan fingerprint density at radius 3 is 2.38 bits per heavy atom. The van der Waals surface area contributed by atoms with Gasteiger partial charge >= 0.3 is 11.7 Å². The molecule has 0 saturated carbocycles. The van der Waals surface area contributed by atoms with Crippen LogP contribution in [-0.4, -0.2) is 17.7 Å². The molecular formula is C19H17N2O3+. The van der Waals surface area contributed by atoms with E-state index >= 15 is 0 Å². The summed E-state index contributed by atoms with van der Waals surface area (Å²) < 4.78 is 5.14. The zero-order chi connectivity index (χ0) is 17.4. The van der Waals surface area contributed by atoms with E-state index < -0.39 is 5.97 Å². The monoisotopic (exact) mass is 321 g/mol. The first-order valence-corrected chi connectivity index (χ1v) is 7.40. The molecule has 2 aromatic rings. The topological polar surface area (TPSA) is 74.7 Å². The van der Waals surface area contributed by atoms with Crippen LogP contribution in [0.4, 0.5) is 0 Å². The lowest BCUT2D eigenvalue weighted by atomic mass is 10.0. The number of hydrogen-bond acceptors (Lipinski definition) is 4. The van der Waals surface area contributed by atoms with E-state index in [4.69, 9.17) is 4.74 Å².